The highest BCUT2D eigenvalue weighted by molar-refractivity contribution is 7.19. The van der Waals surface area contributed by atoms with Crippen molar-refractivity contribution in [2.45, 2.75) is 33.2 Å². The van der Waals surface area contributed by atoms with E-state index in [9.17, 15) is 9.59 Å². The third kappa shape index (κ3) is 4.94. The predicted molar refractivity (Wildman–Crippen MR) is 137 cm³/mol. The molecule has 1 aromatic carbocycles. The number of fused-ring (bicyclic) bond motifs is 1. The first-order valence-electron chi connectivity index (χ1n) is 11.8. The summed E-state index contributed by atoms with van der Waals surface area (Å²) in [5.41, 5.74) is 5.86. The zero-order chi connectivity index (χ0) is 24.6. The van der Waals surface area contributed by atoms with Crippen LogP contribution in [0.3, 0.4) is 0 Å². The first-order chi connectivity index (χ1) is 16.8. The maximum atomic E-state index is 13.1. The van der Waals surface area contributed by atoms with Crippen molar-refractivity contribution in [2.24, 2.45) is 5.41 Å². The number of carbonyl (C=O) groups excluding carboxylic acids is 1. The molecule has 3 aromatic rings. The van der Waals surface area contributed by atoms with Gasteiger partial charge in [-0.3, -0.25) is 9.78 Å². The lowest BCUT2D eigenvalue weighted by molar-refractivity contribution is 0.0917. The summed E-state index contributed by atoms with van der Waals surface area (Å²) in [4.78, 5) is 31.9. The predicted octanol–water partition coefficient (Wildman–Crippen LogP) is 5.24. The fourth-order valence-electron chi connectivity index (χ4n) is 4.95. The third-order valence-electron chi connectivity index (χ3n) is 6.55. The molecule has 5 rings (SSSR count). The van der Waals surface area contributed by atoms with Crippen molar-refractivity contribution in [1.82, 2.24) is 10.3 Å². The SMILES string of the molecule is CC1(C)CC(=O)c2sc(N3CCOCC3)c(-c3ccnc(-c4cccc(CNC(=O)O)c4)c3)c2C1. The third-order valence-corrected chi connectivity index (χ3v) is 7.88. The van der Waals surface area contributed by atoms with Gasteiger partial charge in [-0.05, 0) is 46.7 Å². The molecule has 182 valence electrons. The average molecular weight is 492 g/mol. The number of benzene rings is 1. The maximum Gasteiger partial charge on any atom is 0.404 e. The molecule has 0 atom stereocenters. The molecule has 0 radical (unpaired) electrons. The number of rotatable bonds is 5. The summed E-state index contributed by atoms with van der Waals surface area (Å²) in [5, 5.41) is 12.5. The summed E-state index contributed by atoms with van der Waals surface area (Å²) in [7, 11) is 0. The van der Waals surface area contributed by atoms with Gasteiger partial charge in [0.1, 0.15) is 0 Å². The van der Waals surface area contributed by atoms with E-state index < -0.39 is 6.09 Å². The number of carboxylic acid groups (broad SMARTS) is 1. The molecule has 0 unspecified atom stereocenters. The van der Waals surface area contributed by atoms with Crippen molar-refractivity contribution in [3.63, 3.8) is 0 Å². The van der Waals surface area contributed by atoms with E-state index in [4.69, 9.17) is 9.84 Å². The topological polar surface area (TPSA) is 91.8 Å². The van der Waals surface area contributed by atoms with Crippen LogP contribution in [0.15, 0.2) is 42.6 Å². The highest BCUT2D eigenvalue weighted by Crippen LogP contribution is 2.49. The Morgan fingerprint density at radius 1 is 1.17 bits per heavy atom. The Morgan fingerprint density at radius 2 is 1.97 bits per heavy atom. The number of ketones is 1. The quantitative estimate of drug-likeness (QED) is 0.507. The fraction of sp³-hybridized carbons (Fsp3) is 0.370. The van der Waals surface area contributed by atoms with Gasteiger partial charge in [-0.1, -0.05) is 32.0 Å². The molecule has 1 fully saturated rings. The molecule has 0 spiro atoms. The Kier molecular flexibility index (Phi) is 6.34. The summed E-state index contributed by atoms with van der Waals surface area (Å²) >= 11 is 1.62. The number of morpholine rings is 1. The molecule has 2 N–H and O–H groups in total. The number of pyridine rings is 1. The molecule has 35 heavy (non-hydrogen) atoms. The Hall–Kier alpha value is -3.23. The maximum absolute atomic E-state index is 13.1. The van der Waals surface area contributed by atoms with Crippen LogP contribution in [0, 0.1) is 5.41 Å². The van der Waals surface area contributed by atoms with Gasteiger partial charge >= 0.3 is 6.09 Å². The lowest BCUT2D eigenvalue weighted by atomic mass is 9.75. The summed E-state index contributed by atoms with van der Waals surface area (Å²) in [5.74, 6) is 0.231. The summed E-state index contributed by atoms with van der Waals surface area (Å²) in [6, 6.07) is 11.9. The van der Waals surface area contributed by atoms with Gasteiger partial charge in [-0.2, -0.15) is 0 Å². The van der Waals surface area contributed by atoms with E-state index in [1.54, 1.807) is 11.3 Å². The molecular formula is C27H29N3O4S. The van der Waals surface area contributed by atoms with Crippen molar-refractivity contribution in [3.05, 3.63) is 58.6 Å². The van der Waals surface area contributed by atoms with Gasteiger partial charge in [0.25, 0.3) is 0 Å². The van der Waals surface area contributed by atoms with Gasteiger partial charge in [0.2, 0.25) is 0 Å². The summed E-state index contributed by atoms with van der Waals surface area (Å²) < 4.78 is 5.59. The van der Waals surface area contributed by atoms with Crippen molar-refractivity contribution in [2.75, 3.05) is 31.2 Å². The van der Waals surface area contributed by atoms with Gasteiger partial charge in [0.15, 0.2) is 5.78 Å². The number of aromatic nitrogens is 1. The molecule has 1 amide bonds. The molecule has 0 bridgehead atoms. The second kappa shape index (κ2) is 9.43. The molecule has 1 aliphatic heterocycles. The number of Topliss-reactive ketones (excluding diaryl/α,β-unsaturated/α-hetero) is 1. The number of ether oxygens (including phenoxy) is 1. The second-order valence-corrected chi connectivity index (χ2v) is 10.9. The average Bonchev–Trinajstić information content (AvgIpc) is 3.22. The van der Waals surface area contributed by atoms with E-state index in [-0.39, 0.29) is 17.7 Å². The molecule has 0 saturated carbocycles. The first-order valence-corrected chi connectivity index (χ1v) is 12.7. The van der Waals surface area contributed by atoms with E-state index in [0.717, 1.165) is 62.9 Å². The fourth-order valence-corrected chi connectivity index (χ4v) is 6.28. The summed E-state index contributed by atoms with van der Waals surface area (Å²) in [6.45, 7) is 7.54. The highest BCUT2D eigenvalue weighted by atomic mass is 32.1. The van der Waals surface area contributed by atoms with Gasteiger partial charge in [0.05, 0.1) is 28.8 Å². The molecular weight excluding hydrogens is 462 g/mol. The molecule has 1 saturated heterocycles. The van der Waals surface area contributed by atoms with Crippen LogP contribution in [-0.2, 0) is 17.7 Å². The number of nitrogens with one attached hydrogen (secondary N) is 1. The number of carbonyl (C=O) groups is 2. The van der Waals surface area contributed by atoms with Crippen molar-refractivity contribution in [1.29, 1.82) is 0 Å². The van der Waals surface area contributed by atoms with E-state index >= 15 is 0 Å². The number of hydrogen-bond donors (Lipinski definition) is 2. The highest BCUT2D eigenvalue weighted by Gasteiger charge is 2.37. The van der Waals surface area contributed by atoms with Gasteiger partial charge < -0.3 is 20.1 Å². The molecule has 2 aromatic heterocycles. The minimum absolute atomic E-state index is 0.0798. The number of anilines is 1. The van der Waals surface area contributed by atoms with Crippen molar-refractivity contribution >= 4 is 28.2 Å². The van der Waals surface area contributed by atoms with Crippen LogP contribution in [0.5, 0.6) is 0 Å². The normalized spacial score (nSPS) is 17.2. The van der Waals surface area contributed by atoms with E-state index in [1.165, 1.54) is 0 Å². The monoisotopic (exact) mass is 491 g/mol. The second-order valence-electron chi connectivity index (χ2n) is 9.92. The zero-order valence-electron chi connectivity index (χ0n) is 20.0. The molecule has 2 aliphatic rings. The van der Waals surface area contributed by atoms with Gasteiger partial charge in [-0.15, -0.1) is 11.3 Å². The van der Waals surface area contributed by atoms with Crippen LogP contribution in [0.1, 0.15) is 41.1 Å². The number of thiophene rings is 1. The number of amides is 1. The Balaban J connectivity index is 1.59. The smallest absolute Gasteiger partial charge is 0.404 e. The van der Waals surface area contributed by atoms with E-state index in [2.05, 4.69) is 35.1 Å². The largest absolute Gasteiger partial charge is 0.465 e. The van der Waals surface area contributed by atoms with Crippen molar-refractivity contribution < 1.29 is 19.4 Å². The number of nitrogens with zero attached hydrogens (tertiary/aromatic N) is 2. The standard InChI is InChI=1S/C27H29N3O4S/c1-27(2)14-20-23(25(30-8-10-34-11-9-30)35-24(20)22(31)15-27)19-6-7-28-21(13-19)18-5-3-4-17(12-18)16-29-26(32)33/h3-7,12-13,29H,8-11,14-16H2,1-2H3,(H,32,33). The Labute approximate surface area is 208 Å². The minimum Gasteiger partial charge on any atom is -0.465 e. The van der Waals surface area contributed by atoms with Crippen LogP contribution >= 0.6 is 11.3 Å². The van der Waals surface area contributed by atoms with Crippen LogP contribution in [0.25, 0.3) is 22.4 Å². The molecule has 1 aliphatic carbocycles. The first kappa shape index (κ1) is 23.5. The molecule has 8 heteroatoms. The molecule has 7 nitrogen and oxygen atoms in total. The summed E-state index contributed by atoms with van der Waals surface area (Å²) in [6.07, 6.45) is 2.20. The van der Waals surface area contributed by atoms with Crippen LogP contribution in [-0.4, -0.2) is 48.3 Å². The van der Waals surface area contributed by atoms with Crippen molar-refractivity contribution in [3.8, 4) is 22.4 Å². The van der Waals surface area contributed by atoms with Crippen LogP contribution in [0.2, 0.25) is 0 Å². The lowest BCUT2D eigenvalue weighted by Gasteiger charge is -2.30. The Morgan fingerprint density at radius 3 is 2.74 bits per heavy atom. The number of hydrogen-bond acceptors (Lipinski definition) is 6. The van der Waals surface area contributed by atoms with Gasteiger partial charge in [0, 0.05) is 43.4 Å². The van der Waals surface area contributed by atoms with Crippen LogP contribution in [0.4, 0.5) is 9.80 Å². The zero-order valence-corrected chi connectivity index (χ0v) is 20.8. The molecule has 3 heterocycles. The van der Waals surface area contributed by atoms with Crippen LogP contribution < -0.4 is 10.2 Å². The minimum atomic E-state index is -1.05. The Bertz CT molecular complexity index is 1280. The lowest BCUT2D eigenvalue weighted by Crippen LogP contribution is -2.36. The van der Waals surface area contributed by atoms with E-state index in [0.29, 0.717) is 19.6 Å². The van der Waals surface area contributed by atoms with E-state index in [1.807, 2.05) is 36.5 Å². The van der Waals surface area contributed by atoms with Gasteiger partial charge in [-0.25, -0.2) is 4.79 Å².